The lowest BCUT2D eigenvalue weighted by molar-refractivity contribution is 0.287. The molecular weight excluding hydrogens is 304 g/mol. The molecule has 0 heterocycles. The molecule has 0 amide bonds. The van der Waals surface area contributed by atoms with Crippen molar-refractivity contribution in [1.82, 2.24) is 0 Å². The molecule has 1 aromatic carbocycles. The summed E-state index contributed by atoms with van der Waals surface area (Å²) in [6.45, 7) is 7.69. The summed E-state index contributed by atoms with van der Waals surface area (Å²) in [4.78, 5) is 0.426. The van der Waals surface area contributed by atoms with E-state index in [2.05, 4.69) is 35.0 Å². The first-order chi connectivity index (χ1) is 9.15. The molecule has 0 spiro atoms. The van der Waals surface area contributed by atoms with Crippen LogP contribution in [0.3, 0.4) is 0 Å². The van der Waals surface area contributed by atoms with E-state index >= 15 is 0 Å². The minimum Gasteiger partial charge on any atom is -0.490 e. The zero-order valence-corrected chi connectivity index (χ0v) is 13.6. The number of fused-ring (bicyclic) bond motifs is 1. The Kier molecular flexibility index (Phi) is 5.14. The van der Waals surface area contributed by atoms with E-state index in [0.29, 0.717) is 18.0 Å². The van der Waals surface area contributed by atoms with E-state index in [1.165, 1.54) is 24.0 Å². The Morgan fingerprint density at radius 1 is 1.16 bits per heavy atom. The van der Waals surface area contributed by atoms with E-state index in [9.17, 15) is 0 Å². The van der Waals surface area contributed by atoms with Gasteiger partial charge in [0, 0.05) is 4.83 Å². The minimum atomic E-state index is 0.426. The highest BCUT2D eigenvalue weighted by atomic mass is 79.9. The molecule has 2 atom stereocenters. The summed E-state index contributed by atoms with van der Waals surface area (Å²) >= 11 is 3.83. The van der Waals surface area contributed by atoms with Gasteiger partial charge in [-0.15, -0.1) is 0 Å². The molecule has 1 aliphatic carbocycles. The van der Waals surface area contributed by atoms with E-state index < -0.39 is 0 Å². The van der Waals surface area contributed by atoms with Crippen molar-refractivity contribution in [2.24, 2.45) is 5.92 Å². The van der Waals surface area contributed by atoms with Gasteiger partial charge in [-0.05, 0) is 62.3 Å². The molecule has 0 bridgehead atoms. The first-order valence-corrected chi connectivity index (χ1v) is 8.13. The lowest BCUT2D eigenvalue weighted by Gasteiger charge is -2.17. The van der Waals surface area contributed by atoms with Gasteiger partial charge in [-0.1, -0.05) is 22.9 Å². The highest BCUT2D eigenvalue weighted by Crippen LogP contribution is 2.42. The number of halogens is 1. The summed E-state index contributed by atoms with van der Waals surface area (Å²) in [5.74, 6) is 2.52. The molecular formula is C16H23BrO2. The van der Waals surface area contributed by atoms with Gasteiger partial charge in [0.05, 0.1) is 13.2 Å². The van der Waals surface area contributed by atoms with E-state index in [0.717, 1.165) is 23.8 Å². The van der Waals surface area contributed by atoms with Gasteiger partial charge in [-0.3, -0.25) is 0 Å². The van der Waals surface area contributed by atoms with Gasteiger partial charge in [-0.25, -0.2) is 0 Å². The molecule has 1 aromatic rings. The lowest BCUT2D eigenvalue weighted by Crippen LogP contribution is -2.02. The molecule has 19 heavy (non-hydrogen) atoms. The Bertz CT molecular complexity index is 431. The third-order valence-corrected chi connectivity index (χ3v) is 4.53. The monoisotopic (exact) mass is 326 g/mol. The normalized spacial score (nSPS) is 22.5. The number of hydrogen-bond acceptors (Lipinski definition) is 2. The maximum Gasteiger partial charge on any atom is 0.161 e. The van der Waals surface area contributed by atoms with E-state index in [1.807, 2.05) is 13.8 Å². The zero-order valence-electron chi connectivity index (χ0n) is 12.0. The Labute approximate surface area is 124 Å². The number of aryl methyl sites for hydroxylation is 1. The third-order valence-electron chi connectivity index (χ3n) is 3.66. The first kappa shape index (κ1) is 14.7. The summed E-state index contributed by atoms with van der Waals surface area (Å²) in [6, 6.07) is 4.34. The number of rotatable bonds is 4. The predicted octanol–water partition coefficient (Wildman–Crippen LogP) is 4.89. The summed E-state index contributed by atoms with van der Waals surface area (Å²) in [5.41, 5.74) is 2.77. The van der Waals surface area contributed by atoms with Crippen molar-refractivity contribution in [3.8, 4) is 11.5 Å². The van der Waals surface area contributed by atoms with Crippen LogP contribution in [-0.2, 0) is 6.42 Å². The van der Waals surface area contributed by atoms with E-state index in [-0.39, 0.29) is 0 Å². The van der Waals surface area contributed by atoms with E-state index in [1.54, 1.807) is 0 Å². The molecule has 0 radical (unpaired) electrons. The van der Waals surface area contributed by atoms with Crippen molar-refractivity contribution in [3.05, 3.63) is 23.3 Å². The van der Waals surface area contributed by atoms with Gasteiger partial charge < -0.3 is 9.47 Å². The molecule has 0 saturated heterocycles. The van der Waals surface area contributed by atoms with Crippen LogP contribution >= 0.6 is 15.9 Å². The Hall–Kier alpha value is -0.700. The largest absolute Gasteiger partial charge is 0.490 e. The highest BCUT2D eigenvalue weighted by molar-refractivity contribution is 9.09. The van der Waals surface area contributed by atoms with Gasteiger partial charge in [0.2, 0.25) is 0 Å². The number of ether oxygens (including phenoxy) is 2. The zero-order chi connectivity index (χ0) is 13.8. The fraction of sp³-hybridized carbons (Fsp3) is 0.625. The maximum absolute atomic E-state index is 5.73. The second kappa shape index (κ2) is 6.65. The van der Waals surface area contributed by atoms with Crippen molar-refractivity contribution in [2.75, 3.05) is 13.2 Å². The van der Waals surface area contributed by atoms with Crippen molar-refractivity contribution >= 4 is 15.9 Å². The molecule has 0 N–H and O–H groups in total. The van der Waals surface area contributed by atoms with Crippen LogP contribution in [0.4, 0.5) is 0 Å². The molecule has 0 aliphatic heterocycles. The molecule has 0 aromatic heterocycles. The van der Waals surface area contributed by atoms with Crippen LogP contribution in [0.1, 0.15) is 49.6 Å². The Balaban J connectivity index is 2.40. The number of alkyl halides is 1. The first-order valence-electron chi connectivity index (χ1n) is 7.22. The smallest absolute Gasteiger partial charge is 0.161 e. The van der Waals surface area contributed by atoms with Crippen LogP contribution < -0.4 is 9.47 Å². The third kappa shape index (κ3) is 3.44. The summed E-state index contributed by atoms with van der Waals surface area (Å²) in [7, 11) is 0. The van der Waals surface area contributed by atoms with Crippen LogP contribution in [0.15, 0.2) is 12.1 Å². The number of hydrogen-bond donors (Lipinski definition) is 0. The van der Waals surface area contributed by atoms with Crippen LogP contribution in [-0.4, -0.2) is 13.2 Å². The summed E-state index contributed by atoms with van der Waals surface area (Å²) in [5, 5.41) is 0. The quantitative estimate of drug-likeness (QED) is 0.579. The van der Waals surface area contributed by atoms with Crippen molar-refractivity contribution in [1.29, 1.82) is 0 Å². The van der Waals surface area contributed by atoms with Gasteiger partial charge in [0.15, 0.2) is 11.5 Å². The molecule has 0 fully saturated rings. The molecule has 2 unspecified atom stereocenters. The average molecular weight is 327 g/mol. The van der Waals surface area contributed by atoms with Gasteiger partial charge in [-0.2, -0.15) is 0 Å². The molecule has 2 rings (SSSR count). The van der Waals surface area contributed by atoms with Crippen LogP contribution in [0.2, 0.25) is 0 Å². The number of benzene rings is 1. The topological polar surface area (TPSA) is 18.5 Å². The van der Waals surface area contributed by atoms with Gasteiger partial charge >= 0.3 is 0 Å². The van der Waals surface area contributed by atoms with Crippen LogP contribution in [0.5, 0.6) is 11.5 Å². The van der Waals surface area contributed by atoms with Crippen molar-refractivity contribution in [3.63, 3.8) is 0 Å². The maximum atomic E-state index is 5.73. The standard InChI is InChI=1S/C16H23BrO2/c1-4-18-15-9-12-7-6-11(3)8-14(17)13(12)10-16(15)19-5-2/h9-11,14H,4-8H2,1-3H3. The fourth-order valence-corrected chi connectivity index (χ4v) is 3.73. The predicted molar refractivity (Wildman–Crippen MR) is 82.6 cm³/mol. The molecule has 2 nitrogen and oxygen atoms in total. The molecule has 3 heteroatoms. The SMILES string of the molecule is CCOc1cc2c(cc1OCC)C(Br)CC(C)CC2. The molecule has 106 valence electrons. The minimum absolute atomic E-state index is 0.426. The fourth-order valence-electron chi connectivity index (χ4n) is 2.66. The van der Waals surface area contributed by atoms with Crippen LogP contribution in [0.25, 0.3) is 0 Å². The summed E-state index contributed by atoms with van der Waals surface area (Å²) < 4.78 is 11.4. The lowest BCUT2D eigenvalue weighted by atomic mass is 10.0. The Morgan fingerprint density at radius 3 is 2.42 bits per heavy atom. The van der Waals surface area contributed by atoms with Crippen molar-refractivity contribution in [2.45, 2.75) is 44.9 Å². The van der Waals surface area contributed by atoms with E-state index in [4.69, 9.17) is 9.47 Å². The second-order valence-electron chi connectivity index (χ2n) is 5.21. The molecule has 0 saturated carbocycles. The second-order valence-corrected chi connectivity index (χ2v) is 6.32. The van der Waals surface area contributed by atoms with Gasteiger partial charge in [0.25, 0.3) is 0 Å². The van der Waals surface area contributed by atoms with Gasteiger partial charge in [0.1, 0.15) is 0 Å². The Morgan fingerprint density at radius 2 is 1.79 bits per heavy atom. The summed E-state index contributed by atoms with van der Waals surface area (Å²) in [6.07, 6.45) is 3.56. The van der Waals surface area contributed by atoms with Crippen LogP contribution in [0, 0.1) is 5.92 Å². The average Bonchev–Trinajstić information content (AvgIpc) is 2.51. The molecule has 1 aliphatic rings. The van der Waals surface area contributed by atoms with Crippen molar-refractivity contribution < 1.29 is 9.47 Å². The highest BCUT2D eigenvalue weighted by Gasteiger charge is 2.23.